The van der Waals surface area contributed by atoms with Crippen molar-refractivity contribution in [2.75, 3.05) is 11.9 Å². The molecule has 0 spiro atoms. The quantitative estimate of drug-likeness (QED) is 0.838. The molecule has 0 bridgehead atoms. The minimum Gasteiger partial charge on any atom is -0.494 e. The van der Waals surface area contributed by atoms with Crippen LogP contribution in [-0.2, 0) is 5.88 Å². The largest absolute Gasteiger partial charge is 0.494 e. The second-order valence-corrected chi connectivity index (χ2v) is 4.94. The van der Waals surface area contributed by atoms with E-state index in [2.05, 4.69) is 5.32 Å². The number of ether oxygens (including phenoxy) is 1. The molecule has 1 heterocycles. The summed E-state index contributed by atoms with van der Waals surface area (Å²) in [6, 6.07) is 7.14. The summed E-state index contributed by atoms with van der Waals surface area (Å²) in [6.45, 7) is 6.07. The van der Waals surface area contributed by atoms with Gasteiger partial charge in [-0.25, -0.2) is 0 Å². The van der Waals surface area contributed by atoms with E-state index in [9.17, 15) is 4.79 Å². The number of alkyl halides is 1. The Hall–Kier alpha value is -1.94. The number of rotatable bonds is 5. The zero-order valence-corrected chi connectivity index (χ0v) is 13.1. The Balaban J connectivity index is 2.19. The molecular formula is C16H18ClNO3. The van der Waals surface area contributed by atoms with Gasteiger partial charge in [0.2, 0.25) is 0 Å². The number of nitrogens with one attached hydrogen (secondary N) is 1. The van der Waals surface area contributed by atoms with E-state index in [4.69, 9.17) is 20.8 Å². The second-order valence-electron chi connectivity index (χ2n) is 4.67. The molecule has 0 aliphatic rings. The van der Waals surface area contributed by atoms with E-state index in [0.717, 1.165) is 11.3 Å². The van der Waals surface area contributed by atoms with Crippen molar-refractivity contribution in [3.8, 4) is 5.75 Å². The van der Waals surface area contributed by atoms with Crippen LogP contribution in [0, 0.1) is 13.8 Å². The van der Waals surface area contributed by atoms with E-state index in [0.29, 0.717) is 35.3 Å². The van der Waals surface area contributed by atoms with Crippen LogP contribution in [0.3, 0.4) is 0 Å². The highest BCUT2D eigenvalue weighted by Gasteiger charge is 2.14. The zero-order chi connectivity index (χ0) is 15.4. The van der Waals surface area contributed by atoms with Gasteiger partial charge in [0.05, 0.1) is 18.1 Å². The average Bonchev–Trinajstić information content (AvgIpc) is 2.79. The zero-order valence-electron chi connectivity index (χ0n) is 12.3. The van der Waals surface area contributed by atoms with E-state index in [1.54, 1.807) is 19.1 Å². The summed E-state index contributed by atoms with van der Waals surface area (Å²) < 4.78 is 10.9. The van der Waals surface area contributed by atoms with Crippen LogP contribution in [0.5, 0.6) is 5.75 Å². The number of carbonyl (C=O) groups excluding carboxylic acids is 1. The molecule has 0 fully saturated rings. The summed E-state index contributed by atoms with van der Waals surface area (Å²) in [5.41, 5.74) is 2.06. The molecule has 5 heteroatoms. The number of aryl methyl sites for hydroxylation is 2. The van der Waals surface area contributed by atoms with Crippen LogP contribution in [0.4, 0.5) is 5.69 Å². The Morgan fingerprint density at radius 1 is 1.33 bits per heavy atom. The third kappa shape index (κ3) is 3.58. The van der Waals surface area contributed by atoms with Gasteiger partial charge >= 0.3 is 0 Å². The molecule has 112 valence electrons. The summed E-state index contributed by atoms with van der Waals surface area (Å²) in [6.07, 6.45) is 0. The van der Waals surface area contributed by atoms with Gasteiger partial charge < -0.3 is 14.5 Å². The maximum Gasteiger partial charge on any atom is 0.259 e. The lowest BCUT2D eigenvalue weighted by Gasteiger charge is -2.11. The van der Waals surface area contributed by atoms with Gasteiger partial charge in [-0.3, -0.25) is 4.79 Å². The summed E-state index contributed by atoms with van der Waals surface area (Å²) >= 11 is 5.91. The monoisotopic (exact) mass is 307 g/mol. The fourth-order valence-electron chi connectivity index (χ4n) is 2.11. The number of halogens is 1. The highest BCUT2D eigenvalue weighted by Crippen LogP contribution is 2.25. The Morgan fingerprint density at radius 2 is 2.10 bits per heavy atom. The lowest BCUT2D eigenvalue weighted by Crippen LogP contribution is -2.12. The van der Waals surface area contributed by atoms with Crippen molar-refractivity contribution < 1.29 is 13.9 Å². The molecule has 0 radical (unpaired) electrons. The van der Waals surface area contributed by atoms with Crippen LogP contribution in [-0.4, -0.2) is 12.5 Å². The van der Waals surface area contributed by atoms with E-state index in [1.165, 1.54) is 0 Å². The maximum absolute atomic E-state index is 12.2. The number of benzene rings is 1. The predicted octanol–water partition coefficient (Wildman–Crippen LogP) is 4.29. The summed E-state index contributed by atoms with van der Waals surface area (Å²) in [5, 5.41) is 2.84. The highest BCUT2D eigenvalue weighted by molar-refractivity contribution is 6.17. The fraction of sp³-hybridized carbons (Fsp3) is 0.312. The third-order valence-corrected chi connectivity index (χ3v) is 3.34. The fourth-order valence-corrected chi connectivity index (χ4v) is 2.32. The molecule has 0 unspecified atom stereocenters. The van der Waals surface area contributed by atoms with Gasteiger partial charge in [0.25, 0.3) is 5.91 Å². The summed E-state index contributed by atoms with van der Waals surface area (Å²) in [4.78, 5) is 12.2. The first-order chi connectivity index (χ1) is 10.0. The van der Waals surface area contributed by atoms with Gasteiger partial charge in [0.1, 0.15) is 17.3 Å². The molecule has 0 saturated heterocycles. The van der Waals surface area contributed by atoms with E-state index in [1.807, 2.05) is 26.0 Å². The van der Waals surface area contributed by atoms with Gasteiger partial charge in [0, 0.05) is 11.3 Å². The molecule has 2 aromatic rings. The van der Waals surface area contributed by atoms with Crippen LogP contribution in [0.25, 0.3) is 0 Å². The number of carbonyl (C=O) groups is 1. The number of anilines is 1. The molecular weight excluding hydrogens is 290 g/mol. The van der Waals surface area contributed by atoms with Crippen LogP contribution < -0.4 is 10.1 Å². The lowest BCUT2D eigenvalue weighted by molar-refractivity contribution is 0.102. The van der Waals surface area contributed by atoms with Crippen LogP contribution in [0.2, 0.25) is 0 Å². The molecule has 2 rings (SSSR count). The molecule has 4 nitrogen and oxygen atoms in total. The Labute approximate surface area is 129 Å². The van der Waals surface area contributed by atoms with Crippen molar-refractivity contribution in [2.24, 2.45) is 0 Å². The minimum atomic E-state index is -0.200. The minimum absolute atomic E-state index is 0.200. The molecule has 0 saturated carbocycles. The van der Waals surface area contributed by atoms with Crippen LogP contribution >= 0.6 is 11.6 Å². The third-order valence-electron chi connectivity index (χ3n) is 3.05. The number of hydrogen-bond acceptors (Lipinski definition) is 3. The van der Waals surface area contributed by atoms with Crippen molar-refractivity contribution >= 4 is 23.2 Å². The smallest absolute Gasteiger partial charge is 0.259 e. The molecule has 0 aliphatic heterocycles. The van der Waals surface area contributed by atoms with Crippen molar-refractivity contribution in [3.05, 3.63) is 46.9 Å². The van der Waals surface area contributed by atoms with Gasteiger partial charge in [-0.2, -0.15) is 0 Å². The molecule has 1 amide bonds. The number of amides is 1. The highest BCUT2D eigenvalue weighted by atomic mass is 35.5. The van der Waals surface area contributed by atoms with E-state index in [-0.39, 0.29) is 5.91 Å². The first-order valence-electron chi connectivity index (χ1n) is 6.75. The van der Waals surface area contributed by atoms with Gasteiger partial charge in [-0.1, -0.05) is 0 Å². The standard InChI is InChI=1S/C16H18ClNO3/c1-4-20-15-6-5-13(8-12(15)9-17)18-16(19)14-7-10(2)21-11(14)3/h5-8H,4,9H2,1-3H3,(H,18,19). The van der Waals surface area contributed by atoms with Crippen molar-refractivity contribution in [1.82, 2.24) is 0 Å². The molecule has 1 aromatic carbocycles. The van der Waals surface area contributed by atoms with Gasteiger partial charge in [-0.15, -0.1) is 11.6 Å². The SMILES string of the molecule is CCOc1ccc(NC(=O)c2cc(C)oc2C)cc1CCl. The summed E-state index contributed by atoms with van der Waals surface area (Å²) in [5.74, 6) is 2.18. The maximum atomic E-state index is 12.2. The molecule has 21 heavy (non-hydrogen) atoms. The normalized spacial score (nSPS) is 10.5. The van der Waals surface area contributed by atoms with Crippen molar-refractivity contribution in [2.45, 2.75) is 26.7 Å². The second kappa shape index (κ2) is 6.68. The number of hydrogen-bond donors (Lipinski definition) is 1. The van der Waals surface area contributed by atoms with E-state index < -0.39 is 0 Å². The molecule has 1 aromatic heterocycles. The van der Waals surface area contributed by atoms with Crippen LogP contribution in [0.15, 0.2) is 28.7 Å². The first kappa shape index (κ1) is 15.4. The van der Waals surface area contributed by atoms with Gasteiger partial charge in [0.15, 0.2) is 0 Å². The topological polar surface area (TPSA) is 51.5 Å². The van der Waals surface area contributed by atoms with Crippen LogP contribution in [0.1, 0.15) is 34.4 Å². The Bertz CT molecular complexity index is 649. The molecule has 1 N–H and O–H groups in total. The van der Waals surface area contributed by atoms with Crippen molar-refractivity contribution in [3.63, 3.8) is 0 Å². The average molecular weight is 308 g/mol. The first-order valence-corrected chi connectivity index (χ1v) is 7.28. The molecule has 0 atom stereocenters. The molecule has 0 aliphatic carbocycles. The van der Waals surface area contributed by atoms with E-state index >= 15 is 0 Å². The lowest BCUT2D eigenvalue weighted by atomic mass is 10.2. The number of furan rings is 1. The van der Waals surface area contributed by atoms with Gasteiger partial charge in [-0.05, 0) is 45.0 Å². The Morgan fingerprint density at radius 3 is 2.67 bits per heavy atom. The Kier molecular flexibility index (Phi) is 4.91. The van der Waals surface area contributed by atoms with Crippen molar-refractivity contribution in [1.29, 1.82) is 0 Å². The predicted molar refractivity (Wildman–Crippen MR) is 83.3 cm³/mol. The summed E-state index contributed by atoms with van der Waals surface area (Å²) in [7, 11) is 0.